The zero-order valence-electron chi connectivity index (χ0n) is 19.3. The molecule has 178 valence electrons. The molecule has 7 rings (SSSR count). The second kappa shape index (κ2) is 6.20. The van der Waals surface area contributed by atoms with Crippen molar-refractivity contribution < 1.29 is 33.6 Å². The fourth-order valence-electron chi connectivity index (χ4n) is 9.20. The number of esters is 1. The van der Waals surface area contributed by atoms with E-state index in [0.29, 0.717) is 43.8 Å². The molecule has 6 aliphatic rings. The third-order valence-corrected chi connectivity index (χ3v) is 9.81. The first kappa shape index (κ1) is 21.2. The Kier molecular flexibility index (Phi) is 3.98. The molecule has 33 heavy (non-hydrogen) atoms. The van der Waals surface area contributed by atoms with Crippen LogP contribution in [0.15, 0.2) is 18.2 Å². The Morgan fingerprint density at radius 2 is 1.91 bits per heavy atom. The van der Waals surface area contributed by atoms with Gasteiger partial charge in [0.15, 0.2) is 5.60 Å². The molecule has 1 aromatic rings. The van der Waals surface area contributed by atoms with Crippen LogP contribution in [0.5, 0.6) is 5.75 Å². The van der Waals surface area contributed by atoms with E-state index in [-0.39, 0.29) is 17.1 Å². The van der Waals surface area contributed by atoms with Gasteiger partial charge in [0.2, 0.25) is 0 Å². The van der Waals surface area contributed by atoms with Crippen LogP contribution in [0.4, 0.5) is 10.5 Å². The number of anilines is 1. The molecule has 1 aromatic carbocycles. The number of para-hydroxylation sites is 1. The molecular formula is C24H30N2O7. The minimum atomic E-state index is -1.98. The predicted octanol–water partition coefficient (Wildman–Crippen LogP) is 2.23. The summed E-state index contributed by atoms with van der Waals surface area (Å²) in [5.41, 5.74) is -3.51. The summed E-state index contributed by atoms with van der Waals surface area (Å²) in [5, 5.41) is 26.8. The van der Waals surface area contributed by atoms with Crippen LogP contribution in [-0.4, -0.2) is 73.4 Å². The van der Waals surface area contributed by atoms with Crippen LogP contribution in [0.3, 0.4) is 0 Å². The van der Waals surface area contributed by atoms with Crippen molar-refractivity contribution in [2.45, 2.75) is 61.1 Å². The van der Waals surface area contributed by atoms with Crippen molar-refractivity contribution in [3.8, 4) is 5.75 Å². The number of hydrogen-bond acceptors (Lipinski definition) is 7. The minimum Gasteiger partial charge on any atom is -0.633 e. The number of aliphatic hydroxyl groups is 1. The molecular weight excluding hydrogens is 428 g/mol. The average molecular weight is 459 g/mol. The SMILES string of the molecule is COC(=O)N1c2c(OC)cccc2[C@@]23CC[N@@+]4([O-])CCC[C@]5(CC[C@]12[C@](O)(C(=O)OC)C5)[C@@H]34. The zero-order valence-corrected chi connectivity index (χ0v) is 19.3. The van der Waals surface area contributed by atoms with E-state index in [0.717, 1.165) is 18.4 Å². The molecule has 3 spiro atoms. The predicted molar refractivity (Wildman–Crippen MR) is 117 cm³/mol. The maximum Gasteiger partial charge on any atom is 0.414 e. The molecule has 3 aliphatic heterocycles. The van der Waals surface area contributed by atoms with E-state index in [1.807, 2.05) is 12.1 Å². The van der Waals surface area contributed by atoms with Crippen molar-refractivity contribution in [2.75, 3.05) is 39.3 Å². The second-order valence-electron chi connectivity index (χ2n) is 10.5. The van der Waals surface area contributed by atoms with Crippen LogP contribution in [0.2, 0.25) is 0 Å². The van der Waals surface area contributed by atoms with Gasteiger partial charge in [-0.05, 0) is 37.3 Å². The number of rotatable bonds is 2. The minimum absolute atomic E-state index is 0.102. The third-order valence-electron chi connectivity index (χ3n) is 9.81. The Hall–Kier alpha value is -2.36. The summed E-state index contributed by atoms with van der Waals surface area (Å²) in [4.78, 5) is 28.4. The summed E-state index contributed by atoms with van der Waals surface area (Å²) in [6.07, 6.45) is 2.45. The van der Waals surface area contributed by atoms with E-state index in [1.54, 1.807) is 6.07 Å². The fourth-order valence-corrected chi connectivity index (χ4v) is 9.20. The number of quaternary nitrogens is 1. The van der Waals surface area contributed by atoms with Gasteiger partial charge in [-0.25, -0.2) is 9.59 Å². The van der Waals surface area contributed by atoms with E-state index in [4.69, 9.17) is 14.2 Å². The Morgan fingerprint density at radius 1 is 1.12 bits per heavy atom. The Bertz CT molecular complexity index is 1080. The molecule has 3 aliphatic carbocycles. The van der Waals surface area contributed by atoms with E-state index in [2.05, 4.69) is 0 Å². The van der Waals surface area contributed by atoms with Crippen LogP contribution in [0.1, 0.15) is 44.1 Å². The lowest BCUT2D eigenvalue weighted by atomic mass is 9.37. The first-order valence-corrected chi connectivity index (χ1v) is 11.7. The fraction of sp³-hybridized carbons (Fsp3) is 0.667. The molecule has 6 atom stereocenters. The maximum atomic E-state index is 14.4. The van der Waals surface area contributed by atoms with E-state index < -0.39 is 34.0 Å². The number of benzene rings is 1. The Labute approximate surface area is 192 Å². The van der Waals surface area contributed by atoms with E-state index >= 15 is 0 Å². The van der Waals surface area contributed by atoms with Gasteiger partial charge in [0.25, 0.3) is 0 Å². The molecule has 5 fully saturated rings. The quantitative estimate of drug-likeness (QED) is 0.411. The van der Waals surface area contributed by atoms with Crippen LogP contribution in [0, 0.1) is 10.6 Å². The lowest BCUT2D eigenvalue weighted by Gasteiger charge is -2.72. The Morgan fingerprint density at radius 3 is 2.61 bits per heavy atom. The average Bonchev–Trinajstić information content (AvgIpc) is 3.29. The van der Waals surface area contributed by atoms with Gasteiger partial charge >= 0.3 is 12.1 Å². The van der Waals surface area contributed by atoms with Crippen molar-refractivity contribution in [1.29, 1.82) is 0 Å². The van der Waals surface area contributed by atoms with E-state index in [9.17, 15) is 19.9 Å². The second-order valence-corrected chi connectivity index (χ2v) is 10.5. The van der Waals surface area contributed by atoms with Crippen molar-refractivity contribution in [3.63, 3.8) is 0 Å². The molecule has 3 saturated carbocycles. The number of fused-ring (bicyclic) bond motifs is 3. The summed E-state index contributed by atoms with van der Waals surface area (Å²) in [6.45, 7) is 0.898. The van der Waals surface area contributed by atoms with Gasteiger partial charge in [0.05, 0.1) is 45.5 Å². The van der Waals surface area contributed by atoms with Crippen molar-refractivity contribution >= 4 is 17.7 Å². The smallest absolute Gasteiger partial charge is 0.414 e. The number of carbonyl (C=O) groups excluding carboxylic acids is 2. The number of piperidine rings is 1. The number of ether oxygens (including phenoxy) is 3. The topological polar surface area (TPSA) is 108 Å². The number of hydrogen-bond donors (Lipinski definition) is 1. The molecule has 0 radical (unpaired) electrons. The number of amides is 1. The first-order valence-electron chi connectivity index (χ1n) is 11.7. The first-order chi connectivity index (χ1) is 15.7. The lowest BCUT2D eigenvalue weighted by molar-refractivity contribution is -0.912. The highest BCUT2D eigenvalue weighted by Gasteiger charge is 2.89. The summed E-state index contributed by atoms with van der Waals surface area (Å²) in [5.74, 6) is -0.311. The van der Waals surface area contributed by atoms with E-state index in [1.165, 1.54) is 26.2 Å². The highest BCUT2D eigenvalue weighted by molar-refractivity contribution is 6.00. The van der Waals surface area contributed by atoms with Gasteiger partial charge < -0.3 is 29.2 Å². The Balaban J connectivity index is 1.77. The molecule has 2 bridgehead atoms. The molecule has 3 heterocycles. The van der Waals surface area contributed by atoms with Crippen molar-refractivity contribution in [3.05, 3.63) is 29.0 Å². The molecule has 0 unspecified atom stereocenters. The van der Waals surface area contributed by atoms with Gasteiger partial charge in [0.1, 0.15) is 17.3 Å². The van der Waals surface area contributed by atoms with Gasteiger partial charge in [-0.1, -0.05) is 12.1 Å². The summed E-state index contributed by atoms with van der Waals surface area (Å²) in [6, 6.07) is 5.18. The van der Waals surface area contributed by atoms with Crippen molar-refractivity contribution in [1.82, 2.24) is 0 Å². The van der Waals surface area contributed by atoms with Gasteiger partial charge in [-0.15, -0.1) is 0 Å². The number of hydroxylamine groups is 3. The highest BCUT2D eigenvalue weighted by atomic mass is 16.6. The van der Waals surface area contributed by atoms with Crippen LogP contribution < -0.4 is 9.64 Å². The summed E-state index contributed by atoms with van der Waals surface area (Å²) >= 11 is 0. The van der Waals surface area contributed by atoms with Gasteiger partial charge in [-0.3, -0.25) is 4.90 Å². The van der Waals surface area contributed by atoms with Gasteiger partial charge in [-0.2, -0.15) is 0 Å². The molecule has 9 nitrogen and oxygen atoms in total. The molecule has 1 N–H and O–H groups in total. The molecule has 1 amide bonds. The third kappa shape index (κ3) is 1.95. The largest absolute Gasteiger partial charge is 0.633 e. The molecule has 2 saturated heterocycles. The summed E-state index contributed by atoms with van der Waals surface area (Å²) in [7, 11) is 4.07. The number of nitrogens with zero attached hydrogens (tertiary/aromatic N) is 2. The number of methoxy groups -OCH3 is 3. The summed E-state index contributed by atoms with van der Waals surface area (Å²) < 4.78 is 15.8. The molecule has 9 heteroatoms. The van der Waals surface area contributed by atoms with Crippen molar-refractivity contribution in [2.24, 2.45) is 5.41 Å². The van der Waals surface area contributed by atoms with Crippen LogP contribution >= 0.6 is 0 Å². The normalized spacial score (nSPS) is 44.0. The molecule has 0 aromatic heterocycles. The van der Waals surface area contributed by atoms with Crippen LogP contribution in [0.25, 0.3) is 0 Å². The maximum absolute atomic E-state index is 14.4. The van der Waals surface area contributed by atoms with Crippen LogP contribution in [-0.2, 0) is 19.7 Å². The monoisotopic (exact) mass is 458 g/mol. The van der Waals surface area contributed by atoms with Gasteiger partial charge in [0, 0.05) is 18.3 Å². The highest BCUT2D eigenvalue weighted by Crippen LogP contribution is 2.78. The number of carbonyl (C=O) groups is 2. The standard InChI is InChI=1S/C24H30N2O7/c1-31-16-7-4-6-15-17(16)25(20(28)33-3)24-10-9-21(14-23(24,29)19(27)32-2)8-5-12-26(30)13-11-22(15,24)18(21)26/h4,6-7,18,29H,5,8-14H2,1-3H3/t18-,21+,22+,23+,24-,26-/m0/s1. The lowest BCUT2D eigenvalue weighted by Crippen LogP contribution is -2.87. The zero-order chi connectivity index (χ0) is 23.4.